The van der Waals surface area contributed by atoms with Gasteiger partial charge in [-0.2, -0.15) is 5.10 Å². The van der Waals surface area contributed by atoms with Crippen molar-refractivity contribution in [2.45, 2.75) is 20.0 Å². The lowest BCUT2D eigenvalue weighted by atomic mass is 10.2. The number of hydrogen-bond acceptors (Lipinski definition) is 3. The van der Waals surface area contributed by atoms with Crippen LogP contribution in [-0.4, -0.2) is 23.2 Å². The van der Waals surface area contributed by atoms with E-state index in [1.165, 1.54) is 0 Å². The van der Waals surface area contributed by atoms with E-state index < -0.39 is 6.10 Å². The molecule has 1 atom stereocenters. The normalized spacial score (nSPS) is 12.4. The van der Waals surface area contributed by atoms with Gasteiger partial charge >= 0.3 is 0 Å². The number of H-pyrrole nitrogens is 1. The second kappa shape index (κ2) is 7.40. The maximum Gasteiger partial charge on any atom is 0.280 e. The average molecular weight is 356 g/mol. The van der Waals surface area contributed by atoms with E-state index in [0.717, 1.165) is 22.0 Å². The van der Waals surface area contributed by atoms with Crippen LogP contribution >= 0.6 is 11.6 Å². The monoisotopic (exact) mass is 355 g/mol. The highest BCUT2D eigenvalue weighted by molar-refractivity contribution is 6.31. The molecule has 128 valence electrons. The van der Waals surface area contributed by atoms with Crippen molar-refractivity contribution in [3.63, 3.8) is 0 Å². The number of benzene rings is 2. The van der Waals surface area contributed by atoms with Crippen LogP contribution in [0.2, 0.25) is 5.02 Å². The Bertz CT molecular complexity index is 933. The van der Waals surface area contributed by atoms with Crippen LogP contribution in [0.3, 0.4) is 0 Å². The van der Waals surface area contributed by atoms with Crippen LogP contribution in [-0.2, 0) is 4.79 Å². The van der Waals surface area contributed by atoms with Gasteiger partial charge in [0.25, 0.3) is 5.91 Å². The van der Waals surface area contributed by atoms with Crippen LogP contribution in [0.4, 0.5) is 0 Å². The largest absolute Gasteiger partial charge is 0.481 e. The van der Waals surface area contributed by atoms with Gasteiger partial charge in [-0.15, -0.1) is 0 Å². The Balaban J connectivity index is 1.60. The Kier molecular flexibility index (Phi) is 5.05. The van der Waals surface area contributed by atoms with E-state index >= 15 is 0 Å². The number of rotatable bonds is 5. The van der Waals surface area contributed by atoms with Crippen molar-refractivity contribution in [1.29, 1.82) is 0 Å². The molecule has 2 aromatic carbocycles. The summed E-state index contributed by atoms with van der Waals surface area (Å²) in [7, 11) is 0. The molecule has 1 heterocycles. The third-order valence-corrected chi connectivity index (χ3v) is 4.24. The van der Waals surface area contributed by atoms with Gasteiger partial charge < -0.3 is 9.72 Å². The predicted octanol–water partition coefficient (Wildman–Crippen LogP) is 4.05. The number of amides is 1. The first-order valence-electron chi connectivity index (χ1n) is 7.86. The number of aromatic amines is 1. The SMILES string of the molecule is Cc1cc(OC(C)C(=O)N/N=C/c2c[nH]c3ccccc23)ccc1Cl. The maximum atomic E-state index is 12.1. The molecular weight excluding hydrogens is 338 g/mol. The highest BCUT2D eigenvalue weighted by atomic mass is 35.5. The van der Waals surface area contributed by atoms with Gasteiger partial charge in [-0.3, -0.25) is 4.79 Å². The summed E-state index contributed by atoms with van der Waals surface area (Å²) in [6.07, 6.45) is 2.77. The number of halogens is 1. The first-order valence-corrected chi connectivity index (χ1v) is 8.24. The van der Waals surface area contributed by atoms with Crippen LogP contribution in [0.15, 0.2) is 53.8 Å². The molecule has 0 saturated heterocycles. The summed E-state index contributed by atoms with van der Waals surface area (Å²) in [5, 5.41) is 5.72. The maximum absolute atomic E-state index is 12.1. The molecule has 0 aliphatic heterocycles. The molecule has 0 spiro atoms. The molecule has 0 bridgehead atoms. The van der Waals surface area contributed by atoms with Crippen LogP contribution in [0.25, 0.3) is 10.9 Å². The Morgan fingerprint density at radius 3 is 2.92 bits per heavy atom. The second-order valence-electron chi connectivity index (χ2n) is 5.69. The first-order chi connectivity index (χ1) is 12.0. The Morgan fingerprint density at radius 1 is 1.32 bits per heavy atom. The lowest BCUT2D eigenvalue weighted by Crippen LogP contribution is -2.33. The third kappa shape index (κ3) is 4.00. The summed E-state index contributed by atoms with van der Waals surface area (Å²) >= 11 is 5.98. The number of ether oxygens (including phenoxy) is 1. The molecule has 0 aliphatic rings. The summed E-state index contributed by atoms with van der Waals surface area (Å²) in [5.74, 6) is 0.258. The lowest BCUT2D eigenvalue weighted by molar-refractivity contribution is -0.127. The van der Waals surface area contributed by atoms with E-state index in [2.05, 4.69) is 15.5 Å². The van der Waals surface area contributed by atoms with E-state index in [4.69, 9.17) is 16.3 Å². The molecule has 0 fully saturated rings. The Labute approximate surface area is 150 Å². The van der Waals surface area contributed by atoms with Crippen molar-refractivity contribution in [2.24, 2.45) is 5.10 Å². The minimum absolute atomic E-state index is 0.330. The van der Waals surface area contributed by atoms with Gasteiger partial charge in [0.1, 0.15) is 5.75 Å². The van der Waals surface area contributed by atoms with Crippen LogP contribution in [0.1, 0.15) is 18.1 Å². The number of hydrogen-bond donors (Lipinski definition) is 2. The van der Waals surface area contributed by atoms with E-state index in [-0.39, 0.29) is 5.91 Å². The first kappa shape index (κ1) is 17.0. The third-order valence-electron chi connectivity index (χ3n) is 3.81. The Hall–Kier alpha value is -2.79. The van der Waals surface area contributed by atoms with E-state index in [1.807, 2.05) is 37.4 Å². The second-order valence-corrected chi connectivity index (χ2v) is 6.10. The molecule has 0 aliphatic carbocycles. The van der Waals surface area contributed by atoms with Crippen LogP contribution < -0.4 is 10.2 Å². The van der Waals surface area contributed by atoms with Gasteiger partial charge in [-0.25, -0.2) is 5.43 Å². The molecule has 5 nitrogen and oxygen atoms in total. The number of hydrazone groups is 1. The van der Waals surface area contributed by atoms with Gasteiger partial charge in [-0.05, 0) is 43.7 Å². The van der Waals surface area contributed by atoms with E-state index in [9.17, 15) is 4.79 Å². The number of aromatic nitrogens is 1. The molecule has 1 aromatic heterocycles. The summed E-state index contributed by atoms with van der Waals surface area (Å²) in [6.45, 7) is 3.55. The van der Waals surface area contributed by atoms with E-state index in [0.29, 0.717) is 10.8 Å². The molecule has 1 unspecified atom stereocenters. The van der Waals surface area contributed by atoms with Crippen molar-refractivity contribution < 1.29 is 9.53 Å². The fourth-order valence-corrected chi connectivity index (χ4v) is 2.52. The summed E-state index contributed by atoms with van der Waals surface area (Å²) in [4.78, 5) is 15.3. The zero-order valence-electron chi connectivity index (χ0n) is 13.9. The molecule has 0 saturated carbocycles. The van der Waals surface area contributed by atoms with Gasteiger partial charge in [-0.1, -0.05) is 29.8 Å². The number of aryl methyl sites for hydroxylation is 1. The molecule has 2 N–H and O–H groups in total. The lowest BCUT2D eigenvalue weighted by Gasteiger charge is -2.13. The highest BCUT2D eigenvalue weighted by Gasteiger charge is 2.14. The number of carbonyl (C=O) groups is 1. The van der Waals surface area contributed by atoms with Crippen molar-refractivity contribution in [2.75, 3.05) is 0 Å². The van der Waals surface area contributed by atoms with Crippen molar-refractivity contribution in [3.8, 4) is 5.75 Å². The number of carbonyl (C=O) groups excluding carboxylic acids is 1. The molecule has 0 radical (unpaired) electrons. The standard InChI is InChI=1S/C19H18ClN3O2/c1-12-9-15(7-8-17(12)20)25-13(2)19(24)23-22-11-14-10-21-18-6-4-3-5-16(14)18/h3-11,13,21H,1-2H3,(H,23,24)/b22-11+. The van der Waals surface area contributed by atoms with E-state index in [1.54, 1.807) is 31.3 Å². The molecule has 3 aromatic rings. The Morgan fingerprint density at radius 2 is 2.12 bits per heavy atom. The minimum atomic E-state index is -0.680. The smallest absolute Gasteiger partial charge is 0.280 e. The minimum Gasteiger partial charge on any atom is -0.481 e. The quantitative estimate of drug-likeness (QED) is 0.535. The van der Waals surface area contributed by atoms with Gasteiger partial charge in [0.15, 0.2) is 6.10 Å². The molecule has 25 heavy (non-hydrogen) atoms. The molecule has 3 rings (SSSR count). The zero-order chi connectivity index (χ0) is 17.8. The summed E-state index contributed by atoms with van der Waals surface area (Å²) in [5.41, 5.74) is 5.31. The topological polar surface area (TPSA) is 66.5 Å². The fraction of sp³-hybridized carbons (Fsp3) is 0.158. The van der Waals surface area contributed by atoms with Crippen molar-refractivity contribution >= 4 is 34.6 Å². The summed E-state index contributed by atoms with van der Waals surface area (Å²) < 4.78 is 5.62. The zero-order valence-corrected chi connectivity index (χ0v) is 14.7. The van der Waals surface area contributed by atoms with Crippen molar-refractivity contribution in [3.05, 3.63) is 64.8 Å². The average Bonchev–Trinajstić information content (AvgIpc) is 3.01. The molecule has 6 heteroatoms. The highest BCUT2D eigenvalue weighted by Crippen LogP contribution is 2.22. The predicted molar refractivity (Wildman–Crippen MR) is 100 cm³/mol. The summed E-state index contributed by atoms with van der Waals surface area (Å²) in [6, 6.07) is 13.1. The fourth-order valence-electron chi connectivity index (χ4n) is 2.41. The van der Waals surface area contributed by atoms with Gasteiger partial charge in [0.2, 0.25) is 0 Å². The number of nitrogens with zero attached hydrogens (tertiary/aromatic N) is 1. The molecular formula is C19H18ClN3O2. The number of fused-ring (bicyclic) bond motifs is 1. The van der Waals surface area contributed by atoms with Crippen LogP contribution in [0, 0.1) is 6.92 Å². The number of nitrogens with one attached hydrogen (secondary N) is 2. The van der Waals surface area contributed by atoms with Gasteiger partial charge in [0, 0.05) is 27.7 Å². The molecule has 1 amide bonds. The van der Waals surface area contributed by atoms with Gasteiger partial charge in [0.05, 0.1) is 6.21 Å². The number of para-hydroxylation sites is 1. The van der Waals surface area contributed by atoms with Crippen LogP contribution in [0.5, 0.6) is 5.75 Å². The van der Waals surface area contributed by atoms with Crippen molar-refractivity contribution in [1.82, 2.24) is 10.4 Å².